The standard InChI is InChI=1S/C26H37FO2Si/c1-20(2)17-18-24(27)25(28)21(3)19-29-30(26(4,5)6,22-13-9-7-10-14-22)23-15-11-8-12-16-23/h7-16,18,20-21,25,28H,17,19H2,1-6H3/b24-18-/t21-,25+/m0/s1. The Morgan fingerprint density at radius 2 is 1.43 bits per heavy atom. The van der Waals surface area contributed by atoms with E-state index in [1.54, 1.807) is 0 Å². The lowest BCUT2D eigenvalue weighted by molar-refractivity contribution is 0.0904. The van der Waals surface area contributed by atoms with Crippen LogP contribution in [0.3, 0.4) is 0 Å². The van der Waals surface area contributed by atoms with Gasteiger partial charge in [-0.05, 0) is 33.8 Å². The van der Waals surface area contributed by atoms with Gasteiger partial charge in [0.25, 0.3) is 8.32 Å². The predicted octanol–water partition coefficient (Wildman–Crippen LogP) is 5.46. The molecule has 0 aliphatic carbocycles. The van der Waals surface area contributed by atoms with E-state index in [4.69, 9.17) is 4.43 Å². The van der Waals surface area contributed by atoms with Gasteiger partial charge < -0.3 is 9.53 Å². The van der Waals surface area contributed by atoms with Crippen molar-refractivity contribution in [2.45, 2.75) is 59.1 Å². The summed E-state index contributed by atoms with van der Waals surface area (Å²) in [5.74, 6) is -0.455. The first-order valence-electron chi connectivity index (χ1n) is 10.9. The van der Waals surface area contributed by atoms with Gasteiger partial charge in [0, 0.05) is 12.5 Å². The second kappa shape index (κ2) is 10.5. The second-order valence-corrected chi connectivity index (χ2v) is 13.9. The lowest BCUT2D eigenvalue weighted by atomic mass is 10.0. The lowest BCUT2D eigenvalue weighted by Crippen LogP contribution is -2.67. The van der Waals surface area contributed by atoms with E-state index < -0.39 is 20.2 Å². The lowest BCUT2D eigenvalue weighted by Gasteiger charge is -2.43. The van der Waals surface area contributed by atoms with E-state index in [1.807, 2.05) is 57.2 Å². The molecular formula is C26H37FO2Si. The van der Waals surface area contributed by atoms with Gasteiger partial charge in [-0.25, -0.2) is 4.39 Å². The van der Waals surface area contributed by atoms with Crippen LogP contribution in [0, 0.1) is 11.8 Å². The third-order valence-corrected chi connectivity index (χ3v) is 10.6. The average molecular weight is 429 g/mol. The SMILES string of the molecule is CC(C)C/C=C(\F)[C@H](O)[C@@H](C)CO[Si](c1ccccc1)(c1ccccc1)C(C)(C)C. The van der Waals surface area contributed by atoms with E-state index in [0.717, 1.165) is 0 Å². The first kappa shape index (κ1) is 24.5. The molecular weight excluding hydrogens is 391 g/mol. The molecule has 0 radical (unpaired) electrons. The number of rotatable bonds is 9. The largest absolute Gasteiger partial charge is 0.407 e. The molecule has 0 spiro atoms. The average Bonchev–Trinajstić information content (AvgIpc) is 2.72. The molecule has 164 valence electrons. The van der Waals surface area contributed by atoms with Crippen molar-refractivity contribution >= 4 is 18.7 Å². The van der Waals surface area contributed by atoms with Gasteiger partial charge in [0.2, 0.25) is 0 Å². The van der Waals surface area contributed by atoms with Gasteiger partial charge in [0.15, 0.2) is 0 Å². The van der Waals surface area contributed by atoms with Crippen molar-refractivity contribution in [1.82, 2.24) is 0 Å². The van der Waals surface area contributed by atoms with Crippen LogP contribution in [-0.4, -0.2) is 26.1 Å². The maximum absolute atomic E-state index is 14.5. The molecule has 0 saturated heterocycles. The molecule has 30 heavy (non-hydrogen) atoms. The summed E-state index contributed by atoms with van der Waals surface area (Å²) in [6.07, 6.45) is 0.974. The third kappa shape index (κ3) is 5.69. The first-order chi connectivity index (χ1) is 14.1. The molecule has 1 N–H and O–H groups in total. The molecule has 0 unspecified atom stereocenters. The van der Waals surface area contributed by atoms with Crippen molar-refractivity contribution in [2.24, 2.45) is 11.8 Å². The second-order valence-electron chi connectivity index (χ2n) is 9.61. The highest BCUT2D eigenvalue weighted by Gasteiger charge is 2.50. The molecule has 0 aromatic heterocycles. The van der Waals surface area contributed by atoms with Crippen LogP contribution in [-0.2, 0) is 4.43 Å². The first-order valence-corrected chi connectivity index (χ1v) is 12.8. The summed E-state index contributed by atoms with van der Waals surface area (Å²) in [5.41, 5.74) is 0. The summed E-state index contributed by atoms with van der Waals surface area (Å²) in [4.78, 5) is 0. The molecule has 0 saturated carbocycles. The quantitative estimate of drug-likeness (QED) is 0.538. The van der Waals surface area contributed by atoms with Crippen LogP contribution in [0.2, 0.25) is 5.04 Å². The Hall–Kier alpha value is -1.75. The Balaban J connectivity index is 2.38. The van der Waals surface area contributed by atoms with E-state index in [-0.39, 0.29) is 17.6 Å². The molecule has 2 atom stereocenters. The molecule has 0 heterocycles. The van der Waals surface area contributed by atoms with Crippen LogP contribution in [0.15, 0.2) is 72.6 Å². The van der Waals surface area contributed by atoms with E-state index in [0.29, 0.717) is 12.3 Å². The number of aliphatic hydroxyl groups is 1. The highest BCUT2D eigenvalue weighted by molar-refractivity contribution is 6.99. The normalized spacial score (nSPS) is 15.3. The molecule has 2 rings (SSSR count). The van der Waals surface area contributed by atoms with Gasteiger partial charge in [-0.15, -0.1) is 0 Å². The van der Waals surface area contributed by atoms with E-state index in [2.05, 4.69) is 45.0 Å². The minimum Gasteiger partial charge on any atom is -0.407 e. The monoisotopic (exact) mass is 428 g/mol. The fourth-order valence-corrected chi connectivity index (χ4v) is 8.52. The number of allylic oxidation sites excluding steroid dienone is 1. The van der Waals surface area contributed by atoms with Gasteiger partial charge in [-0.2, -0.15) is 0 Å². The van der Waals surface area contributed by atoms with Crippen molar-refractivity contribution < 1.29 is 13.9 Å². The van der Waals surface area contributed by atoms with Gasteiger partial charge >= 0.3 is 0 Å². The Labute approximate surface area is 182 Å². The Morgan fingerprint density at radius 3 is 1.83 bits per heavy atom. The molecule has 2 aromatic rings. The summed E-state index contributed by atoms with van der Waals surface area (Å²) >= 11 is 0. The van der Waals surface area contributed by atoms with Crippen molar-refractivity contribution in [1.29, 1.82) is 0 Å². The van der Waals surface area contributed by atoms with Gasteiger partial charge in [-0.3, -0.25) is 0 Å². The summed E-state index contributed by atoms with van der Waals surface area (Å²) < 4.78 is 21.3. The van der Waals surface area contributed by atoms with Crippen LogP contribution in [0.25, 0.3) is 0 Å². The molecule has 0 fully saturated rings. The summed E-state index contributed by atoms with van der Waals surface area (Å²) in [5, 5.41) is 12.7. The zero-order chi connectivity index (χ0) is 22.4. The maximum atomic E-state index is 14.5. The maximum Gasteiger partial charge on any atom is 0.261 e. The topological polar surface area (TPSA) is 29.5 Å². The third-order valence-electron chi connectivity index (χ3n) is 5.59. The van der Waals surface area contributed by atoms with Crippen LogP contribution >= 0.6 is 0 Å². The molecule has 0 aliphatic heterocycles. The van der Waals surface area contributed by atoms with Crippen LogP contribution in [0.4, 0.5) is 4.39 Å². The van der Waals surface area contributed by atoms with Crippen molar-refractivity contribution in [3.63, 3.8) is 0 Å². The zero-order valence-corrected chi connectivity index (χ0v) is 20.2. The molecule has 0 bridgehead atoms. The zero-order valence-electron chi connectivity index (χ0n) is 19.2. The summed E-state index contributed by atoms with van der Waals surface area (Å²) in [6.45, 7) is 12.8. The molecule has 2 nitrogen and oxygen atoms in total. The number of benzene rings is 2. The van der Waals surface area contributed by atoms with Crippen LogP contribution in [0.1, 0.15) is 48.0 Å². The van der Waals surface area contributed by atoms with Crippen LogP contribution in [0.5, 0.6) is 0 Å². The van der Waals surface area contributed by atoms with E-state index >= 15 is 0 Å². The van der Waals surface area contributed by atoms with Gasteiger partial charge in [0.1, 0.15) is 11.9 Å². The van der Waals surface area contributed by atoms with E-state index in [1.165, 1.54) is 16.4 Å². The Kier molecular flexibility index (Phi) is 8.59. The minimum atomic E-state index is -2.68. The molecule has 0 aliphatic rings. The minimum absolute atomic E-state index is 0.146. The van der Waals surface area contributed by atoms with Crippen molar-refractivity contribution in [3.05, 3.63) is 72.6 Å². The highest BCUT2D eigenvalue weighted by Crippen LogP contribution is 2.37. The van der Waals surface area contributed by atoms with Gasteiger partial charge in [0.05, 0.1) is 0 Å². The van der Waals surface area contributed by atoms with E-state index in [9.17, 15) is 9.50 Å². The number of halogens is 1. The highest BCUT2D eigenvalue weighted by atomic mass is 28.4. The fourth-order valence-electron chi connectivity index (χ4n) is 3.85. The summed E-state index contributed by atoms with van der Waals surface area (Å²) in [6, 6.07) is 20.7. The molecule has 2 aromatic carbocycles. The summed E-state index contributed by atoms with van der Waals surface area (Å²) in [7, 11) is -2.68. The number of hydrogen-bond acceptors (Lipinski definition) is 2. The van der Waals surface area contributed by atoms with Crippen LogP contribution < -0.4 is 10.4 Å². The smallest absolute Gasteiger partial charge is 0.261 e. The number of hydrogen-bond donors (Lipinski definition) is 1. The molecule has 4 heteroatoms. The molecule has 0 amide bonds. The number of aliphatic hydroxyl groups excluding tert-OH is 1. The fraction of sp³-hybridized carbons (Fsp3) is 0.462. The van der Waals surface area contributed by atoms with Gasteiger partial charge in [-0.1, -0.05) is 102 Å². The predicted molar refractivity (Wildman–Crippen MR) is 127 cm³/mol. The van der Waals surface area contributed by atoms with Crippen molar-refractivity contribution in [3.8, 4) is 0 Å². The Morgan fingerprint density at radius 1 is 0.967 bits per heavy atom. The van der Waals surface area contributed by atoms with Crippen molar-refractivity contribution in [2.75, 3.05) is 6.61 Å². The Bertz CT molecular complexity index is 757.